The third-order valence-electron chi connectivity index (χ3n) is 6.54. The number of fused-ring (bicyclic) bond motifs is 1. The van der Waals surface area contributed by atoms with Crippen LogP contribution < -0.4 is 10.5 Å². The summed E-state index contributed by atoms with van der Waals surface area (Å²) < 4.78 is 53.6. The Balaban J connectivity index is 1.47. The summed E-state index contributed by atoms with van der Waals surface area (Å²) in [5.74, 6) is -0.124. The highest BCUT2D eigenvalue weighted by Gasteiger charge is 2.26. The molecule has 0 saturated heterocycles. The van der Waals surface area contributed by atoms with E-state index in [-0.39, 0.29) is 38.7 Å². The van der Waals surface area contributed by atoms with Crippen LogP contribution in [-0.2, 0) is 19.9 Å². The number of nitrogens with two attached hydrogens (primary N) is 1. The molecule has 5 rings (SSSR count). The molecule has 12 heteroatoms. The number of carbonyl (C=O) groups is 1. The first kappa shape index (κ1) is 24.9. The Kier molecular flexibility index (Phi) is 6.24. The molecule has 3 N–H and O–H groups in total. The molecule has 1 fully saturated rings. The first-order chi connectivity index (χ1) is 17.5. The lowest BCUT2D eigenvalue weighted by Crippen LogP contribution is -2.13. The normalized spacial score (nSPS) is 14.7. The molecule has 0 unspecified atom stereocenters. The van der Waals surface area contributed by atoms with Crippen LogP contribution in [0.5, 0.6) is 0 Å². The van der Waals surface area contributed by atoms with Crippen molar-refractivity contribution < 1.29 is 21.6 Å². The maximum atomic E-state index is 13.6. The molecular weight excluding hydrogens is 514 g/mol. The number of nitrogens with one attached hydrogen (secondary N) is 1. The van der Waals surface area contributed by atoms with Gasteiger partial charge in [-0.2, -0.15) is 0 Å². The third-order valence-corrected chi connectivity index (χ3v) is 9.07. The van der Waals surface area contributed by atoms with Gasteiger partial charge >= 0.3 is 0 Å². The van der Waals surface area contributed by atoms with Gasteiger partial charge in [-0.15, -0.1) is 0 Å². The number of benzene rings is 2. The van der Waals surface area contributed by atoms with Crippen LogP contribution in [0.25, 0.3) is 11.0 Å². The van der Waals surface area contributed by atoms with Gasteiger partial charge in [-0.3, -0.25) is 9.52 Å². The number of rotatable bonds is 7. The summed E-state index contributed by atoms with van der Waals surface area (Å²) in [5.41, 5.74) is 7.57. The van der Waals surface area contributed by atoms with Crippen LogP contribution in [0.2, 0.25) is 0 Å². The molecule has 0 aliphatic heterocycles. The molecular formula is C25H25N5O5S2. The Hall–Kier alpha value is -3.77. The summed E-state index contributed by atoms with van der Waals surface area (Å²) in [6.45, 7) is 0. The minimum absolute atomic E-state index is 0.0130. The van der Waals surface area contributed by atoms with Crippen LogP contribution in [0, 0.1) is 0 Å². The van der Waals surface area contributed by atoms with Gasteiger partial charge in [0.2, 0.25) is 0 Å². The van der Waals surface area contributed by atoms with Gasteiger partial charge in [0.15, 0.2) is 15.6 Å². The van der Waals surface area contributed by atoms with Gasteiger partial charge in [-0.05, 0) is 49.2 Å². The average molecular weight is 540 g/mol. The molecule has 0 bridgehead atoms. The van der Waals surface area contributed by atoms with E-state index in [1.807, 2.05) is 4.57 Å². The highest BCUT2D eigenvalue weighted by atomic mass is 32.2. The summed E-state index contributed by atoms with van der Waals surface area (Å²) in [6.07, 6.45) is 8.39. The van der Waals surface area contributed by atoms with Crippen molar-refractivity contribution in [2.75, 3.05) is 16.7 Å². The molecule has 1 saturated carbocycles. The predicted octanol–water partition coefficient (Wildman–Crippen LogP) is 3.56. The molecule has 2 aromatic carbocycles. The fraction of sp³-hybridized carbons (Fsp3) is 0.240. The van der Waals surface area contributed by atoms with Crippen LogP contribution in [0.4, 0.5) is 11.5 Å². The van der Waals surface area contributed by atoms with Gasteiger partial charge in [0.1, 0.15) is 17.8 Å². The average Bonchev–Trinajstić information content (AvgIpc) is 3.52. The zero-order valence-corrected chi connectivity index (χ0v) is 21.6. The van der Waals surface area contributed by atoms with E-state index in [1.54, 1.807) is 18.3 Å². The largest absolute Gasteiger partial charge is 0.383 e. The number of nitrogen functional groups attached to an aromatic ring is 1. The highest BCUT2D eigenvalue weighted by molar-refractivity contribution is 7.92. The smallest absolute Gasteiger partial charge is 0.261 e. The Bertz CT molecular complexity index is 1720. The second-order valence-corrected chi connectivity index (χ2v) is 12.8. The van der Waals surface area contributed by atoms with Gasteiger partial charge in [0.25, 0.3) is 10.0 Å². The van der Waals surface area contributed by atoms with Gasteiger partial charge in [-0.1, -0.05) is 25.0 Å². The molecule has 0 radical (unpaired) electrons. The van der Waals surface area contributed by atoms with Crippen molar-refractivity contribution in [2.24, 2.45) is 0 Å². The van der Waals surface area contributed by atoms with E-state index in [0.717, 1.165) is 31.9 Å². The molecule has 0 amide bonds. The number of hydrogen-bond acceptors (Lipinski definition) is 8. The van der Waals surface area contributed by atoms with Gasteiger partial charge in [0.05, 0.1) is 20.7 Å². The molecule has 192 valence electrons. The monoisotopic (exact) mass is 539 g/mol. The number of hydrogen-bond donors (Lipinski definition) is 2. The van der Waals surface area contributed by atoms with Crippen LogP contribution in [0.15, 0.2) is 70.8 Å². The van der Waals surface area contributed by atoms with E-state index < -0.39 is 19.9 Å². The Morgan fingerprint density at radius 1 is 1.00 bits per heavy atom. The first-order valence-electron chi connectivity index (χ1n) is 11.6. The van der Waals surface area contributed by atoms with Crippen LogP contribution in [0.3, 0.4) is 0 Å². The topological polar surface area (TPSA) is 154 Å². The minimum Gasteiger partial charge on any atom is -0.383 e. The van der Waals surface area contributed by atoms with Crippen molar-refractivity contribution in [3.63, 3.8) is 0 Å². The molecule has 1 aliphatic carbocycles. The lowest BCUT2D eigenvalue weighted by atomic mass is 10.0. The molecule has 37 heavy (non-hydrogen) atoms. The second kappa shape index (κ2) is 9.27. The molecule has 2 heterocycles. The molecule has 4 aromatic rings. The lowest BCUT2D eigenvalue weighted by Gasteiger charge is -2.12. The van der Waals surface area contributed by atoms with Crippen LogP contribution in [-0.4, -0.2) is 43.4 Å². The molecule has 0 spiro atoms. The Labute approximate surface area is 214 Å². The molecule has 1 aliphatic rings. The maximum absolute atomic E-state index is 13.6. The van der Waals surface area contributed by atoms with Crippen molar-refractivity contribution in [2.45, 2.75) is 41.5 Å². The molecule has 10 nitrogen and oxygen atoms in total. The zero-order valence-electron chi connectivity index (χ0n) is 20.0. The lowest BCUT2D eigenvalue weighted by molar-refractivity contribution is 0.104. The third kappa shape index (κ3) is 4.81. The van der Waals surface area contributed by atoms with E-state index in [4.69, 9.17) is 5.73 Å². The van der Waals surface area contributed by atoms with Gasteiger partial charge < -0.3 is 10.3 Å². The van der Waals surface area contributed by atoms with E-state index in [9.17, 15) is 21.6 Å². The summed E-state index contributed by atoms with van der Waals surface area (Å²) in [7, 11) is -7.49. The van der Waals surface area contributed by atoms with Crippen molar-refractivity contribution in [3.05, 3.63) is 72.2 Å². The Morgan fingerprint density at radius 2 is 1.68 bits per heavy atom. The van der Waals surface area contributed by atoms with Crippen molar-refractivity contribution in [1.82, 2.24) is 14.5 Å². The first-order valence-corrected chi connectivity index (χ1v) is 15.0. The zero-order chi connectivity index (χ0) is 26.4. The Morgan fingerprint density at radius 3 is 2.35 bits per heavy atom. The number of sulfone groups is 1. The number of sulfonamides is 1. The van der Waals surface area contributed by atoms with Crippen molar-refractivity contribution in [3.8, 4) is 0 Å². The fourth-order valence-corrected chi connectivity index (χ4v) is 6.38. The number of nitrogens with zero attached hydrogens (tertiary/aromatic N) is 3. The number of carbonyl (C=O) groups excluding carboxylic acids is 1. The summed E-state index contributed by atoms with van der Waals surface area (Å²) in [5, 5.41) is 0.483. The molecule has 0 atom stereocenters. The van der Waals surface area contributed by atoms with Gasteiger partial charge in [0, 0.05) is 29.7 Å². The van der Waals surface area contributed by atoms with E-state index in [0.29, 0.717) is 16.6 Å². The highest BCUT2D eigenvalue weighted by Crippen LogP contribution is 2.35. The van der Waals surface area contributed by atoms with E-state index >= 15 is 0 Å². The molecule has 2 aromatic heterocycles. The van der Waals surface area contributed by atoms with Crippen molar-refractivity contribution in [1.29, 1.82) is 0 Å². The number of aromatic nitrogens is 3. The SMILES string of the molecule is CS(=O)(=O)c1ccc(S(=O)(=O)Nc2cccc(C(=O)c3cn(C4CCCC4)c4ncnc(N)c34)c2)cc1. The summed E-state index contributed by atoms with van der Waals surface area (Å²) >= 11 is 0. The van der Waals surface area contributed by atoms with Gasteiger partial charge in [-0.25, -0.2) is 26.8 Å². The quantitative estimate of drug-likeness (QED) is 0.338. The fourth-order valence-electron chi connectivity index (χ4n) is 4.70. The second-order valence-electron chi connectivity index (χ2n) is 9.10. The summed E-state index contributed by atoms with van der Waals surface area (Å²) in [6, 6.07) is 11.3. The maximum Gasteiger partial charge on any atom is 0.261 e. The van der Waals surface area contributed by atoms with Crippen LogP contribution >= 0.6 is 0 Å². The number of anilines is 2. The minimum atomic E-state index is -4.03. The number of ketones is 1. The standard InChI is InChI=1S/C25H25N5O5S2/c1-36(32,33)19-9-11-20(12-10-19)37(34,35)29-17-6-4-5-16(13-17)23(31)21-14-30(18-7-2-3-8-18)25-22(21)24(26)27-15-28-25/h4-6,9-15,18,29H,2-3,7-8H2,1H3,(H2,26,27,28). The van der Waals surface area contributed by atoms with Crippen molar-refractivity contribution >= 4 is 48.2 Å². The van der Waals surface area contributed by atoms with E-state index in [2.05, 4.69) is 14.7 Å². The van der Waals surface area contributed by atoms with Crippen LogP contribution in [0.1, 0.15) is 47.6 Å². The van der Waals surface area contributed by atoms with E-state index in [1.165, 1.54) is 42.7 Å². The summed E-state index contributed by atoms with van der Waals surface area (Å²) in [4.78, 5) is 22.0. The predicted molar refractivity (Wildman–Crippen MR) is 140 cm³/mol.